The van der Waals surface area contributed by atoms with Gasteiger partial charge < -0.3 is 19.5 Å². The second-order valence-electron chi connectivity index (χ2n) is 5.06. The average molecular weight is 299 g/mol. The number of carbonyl (C=O) groups is 1. The van der Waals surface area contributed by atoms with Gasteiger partial charge in [-0.25, -0.2) is 4.79 Å². The lowest BCUT2D eigenvalue weighted by Crippen LogP contribution is -2.36. The highest BCUT2D eigenvalue weighted by Gasteiger charge is 2.28. The molecule has 1 N–H and O–H groups in total. The Hall–Kier alpha value is -2.69. The highest BCUT2D eigenvalue weighted by molar-refractivity contribution is 5.75. The van der Waals surface area contributed by atoms with Gasteiger partial charge in [-0.3, -0.25) is 0 Å². The van der Waals surface area contributed by atoms with Crippen molar-refractivity contribution in [3.8, 4) is 17.2 Å². The summed E-state index contributed by atoms with van der Waals surface area (Å²) in [5.41, 5.74) is 2.69. The number of fused-ring (bicyclic) bond motifs is 1. The monoisotopic (exact) mass is 299 g/mol. The van der Waals surface area contributed by atoms with E-state index in [4.69, 9.17) is 14.2 Å². The third kappa shape index (κ3) is 2.35. The second kappa shape index (κ2) is 5.60. The molecular formula is C17H17NO4. The van der Waals surface area contributed by atoms with E-state index in [-0.39, 0.29) is 6.04 Å². The number of para-hydroxylation sites is 1. The van der Waals surface area contributed by atoms with Crippen LogP contribution >= 0.6 is 0 Å². The fourth-order valence-corrected chi connectivity index (χ4v) is 2.67. The summed E-state index contributed by atoms with van der Waals surface area (Å²) in [6.07, 6.45) is -0.470. The van der Waals surface area contributed by atoms with Crippen molar-refractivity contribution in [3.63, 3.8) is 0 Å². The zero-order valence-electron chi connectivity index (χ0n) is 12.7. The zero-order chi connectivity index (χ0) is 15.7. The van der Waals surface area contributed by atoms with E-state index in [0.29, 0.717) is 17.2 Å². The molecule has 1 heterocycles. The van der Waals surface area contributed by atoms with Gasteiger partial charge in [-0.05, 0) is 30.7 Å². The number of ether oxygens (including phenoxy) is 3. The van der Waals surface area contributed by atoms with Crippen LogP contribution in [0.5, 0.6) is 17.2 Å². The number of rotatable bonds is 3. The summed E-state index contributed by atoms with van der Waals surface area (Å²) in [4.78, 5) is 11.8. The summed E-state index contributed by atoms with van der Waals surface area (Å²) < 4.78 is 16.0. The van der Waals surface area contributed by atoms with Crippen molar-refractivity contribution in [2.24, 2.45) is 0 Å². The Balaban J connectivity index is 2.13. The maximum atomic E-state index is 11.8. The van der Waals surface area contributed by atoms with Crippen LogP contribution in [0.2, 0.25) is 0 Å². The van der Waals surface area contributed by atoms with Crippen LogP contribution < -0.4 is 19.5 Å². The first-order valence-electron chi connectivity index (χ1n) is 6.94. The van der Waals surface area contributed by atoms with Crippen molar-refractivity contribution in [3.05, 3.63) is 53.1 Å². The highest BCUT2D eigenvalue weighted by Crippen LogP contribution is 2.38. The molecule has 1 amide bonds. The number of methoxy groups -OCH3 is 2. The number of carbonyl (C=O) groups excluding carboxylic acids is 1. The fraction of sp³-hybridized carbons (Fsp3) is 0.235. The van der Waals surface area contributed by atoms with Crippen LogP contribution in [-0.2, 0) is 0 Å². The maximum Gasteiger partial charge on any atom is 0.413 e. The van der Waals surface area contributed by atoms with E-state index in [2.05, 4.69) is 5.32 Å². The molecule has 1 aliphatic rings. The third-order valence-corrected chi connectivity index (χ3v) is 3.80. The molecule has 3 rings (SSSR count). The molecule has 1 unspecified atom stereocenters. The van der Waals surface area contributed by atoms with Crippen LogP contribution in [0, 0.1) is 6.92 Å². The summed E-state index contributed by atoms with van der Waals surface area (Å²) in [6, 6.07) is 11.0. The Morgan fingerprint density at radius 2 is 1.73 bits per heavy atom. The number of nitrogens with one attached hydrogen (secondary N) is 1. The van der Waals surface area contributed by atoms with Gasteiger partial charge in [0.05, 0.1) is 20.3 Å². The quantitative estimate of drug-likeness (QED) is 0.945. The topological polar surface area (TPSA) is 56.8 Å². The van der Waals surface area contributed by atoms with E-state index in [1.807, 2.05) is 37.3 Å². The maximum absolute atomic E-state index is 11.8. The number of amides is 1. The van der Waals surface area contributed by atoms with Crippen LogP contribution in [0.15, 0.2) is 36.4 Å². The molecule has 5 nitrogen and oxygen atoms in total. The molecule has 2 aromatic carbocycles. The first kappa shape index (κ1) is 14.3. The molecule has 1 atom stereocenters. The fourth-order valence-electron chi connectivity index (χ4n) is 2.67. The van der Waals surface area contributed by atoms with Crippen LogP contribution in [-0.4, -0.2) is 20.3 Å². The molecule has 0 radical (unpaired) electrons. The average Bonchev–Trinajstić information content (AvgIpc) is 2.54. The van der Waals surface area contributed by atoms with Crippen molar-refractivity contribution in [2.75, 3.05) is 14.2 Å². The van der Waals surface area contributed by atoms with Crippen molar-refractivity contribution in [1.29, 1.82) is 0 Å². The molecule has 1 aliphatic heterocycles. The van der Waals surface area contributed by atoms with E-state index in [1.54, 1.807) is 20.3 Å². The highest BCUT2D eigenvalue weighted by atomic mass is 16.6. The second-order valence-corrected chi connectivity index (χ2v) is 5.06. The summed E-state index contributed by atoms with van der Waals surface area (Å²) in [5.74, 6) is 2.00. The Labute approximate surface area is 128 Å². The van der Waals surface area contributed by atoms with E-state index in [0.717, 1.165) is 16.7 Å². The van der Waals surface area contributed by atoms with Gasteiger partial charge in [0.1, 0.15) is 17.2 Å². The smallest absolute Gasteiger partial charge is 0.413 e. The van der Waals surface area contributed by atoms with E-state index in [9.17, 15) is 4.79 Å². The molecular weight excluding hydrogens is 282 g/mol. The molecule has 0 fully saturated rings. The minimum Gasteiger partial charge on any atom is -0.496 e. The first-order valence-corrected chi connectivity index (χ1v) is 6.94. The lowest BCUT2D eigenvalue weighted by Gasteiger charge is -2.27. The molecule has 0 saturated heterocycles. The summed E-state index contributed by atoms with van der Waals surface area (Å²) in [5, 5.41) is 2.84. The van der Waals surface area contributed by atoms with Crippen LogP contribution in [0.1, 0.15) is 22.7 Å². The molecule has 0 saturated carbocycles. The van der Waals surface area contributed by atoms with E-state index < -0.39 is 6.09 Å². The molecule has 22 heavy (non-hydrogen) atoms. The van der Waals surface area contributed by atoms with Gasteiger partial charge in [-0.15, -0.1) is 0 Å². The number of hydrogen-bond acceptors (Lipinski definition) is 4. The van der Waals surface area contributed by atoms with Gasteiger partial charge in [0.15, 0.2) is 0 Å². The predicted molar refractivity (Wildman–Crippen MR) is 81.7 cm³/mol. The first-order chi connectivity index (χ1) is 10.6. The number of benzene rings is 2. The minimum absolute atomic E-state index is 0.305. The molecule has 2 aromatic rings. The van der Waals surface area contributed by atoms with E-state index >= 15 is 0 Å². The van der Waals surface area contributed by atoms with Crippen molar-refractivity contribution < 1.29 is 19.0 Å². The zero-order valence-corrected chi connectivity index (χ0v) is 12.7. The predicted octanol–water partition coefficient (Wildman–Crippen LogP) is 3.20. The Kier molecular flexibility index (Phi) is 3.63. The van der Waals surface area contributed by atoms with Crippen LogP contribution in [0.4, 0.5) is 4.79 Å². The molecule has 5 heteroatoms. The lowest BCUT2D eigenvalue weighted by atomic mass is 9.95. The summed E-state index contributed by atoms with van der Waals surface area (Å²) in [6.45, 7) is 1.93. The Bertz CT molecular complexity index is 701. The standard InChI is InChI=1S/C17H17NO4/c1-10-14(20-2)8-11(9-15(10)21-3)16-12-6-4-5-7-13(12)22-17(19)18-16/h4-9,16H,1-3H3,(H,18,19). The normalized spacial score (nSPS) is 16.3. The largest absolute Gasteiger partial charge is 0.496 e. The molecule has 0 aliphatic carbocycles. The van der Waals surface area contributed by atoms with Crippen molar-refractivity contribution in [1.82, 2.24) is 5.32 Å². The van der Waals surface area contributed by atoms with Crippen molar-refractivity contribution in [2.45, 2.75) is 13.0 Å². The lowest BCUT2D eigenvalue weighted by molar-refractivity contribution is 0.191. The van der Waals surface area contributed by atoms with Crippen LogP contribution in [0.25, 0.3) is 0 Å². The minimum atomic E-state index is -0.470. The van der Waals surface area contributed by atoms with Gasteiger partial charge >= 0.3 is 6.09 Å². The van der Waals surface area contributed by atoms with Gasteiger partial charge in [0, 0.05) is 11.1 Å². The van der Waals surface area contributed by atoms with Gasteiger partial charge in [-0.2, -0.15) is 0 Å². The summed E-state index contributed by atoms with van der Waals surface area (Å²) in [7, 11) is 3.23. The number of hydrogen-bond donors (Lipinski definition) is 1. The summed E-state index contributed by atoms with van der Waals surface area (Å²) >= 11 is 0. The molecule has 0 spiro atoms. The molecule has 0 bridgehead atoms. The Morgan fingerprint density at radius 1 is 1.09 bits per heavy atom. The Morgan fingerprint density at radius 3 is 2.36 bits per heavy atom. The van der Waals surface area contributed by atoms with Crippen LogP contribution in [0.3, 0.4) is 0 Å². The van der Waals surface area contributed by atoms with Gasteiger partial charge in [0.2, 0.25) is 0 Å². The SMILES string of the molecule is COc1cc(C2NC(=O)Oc3ccccc32)cc(OC)c1C. The van der Waals surface area contributed by atoms with Gasteiger partial charge in [-0.1, -0.05) is 18.2 Å². The third-order valence-electron chi connectivity index (χ3n) is 3.80. The van der Waals surface area contributed by atoms with Gasteiger partial charge in [0.25, 0.3) is 0 Å². The van der Waals surface area contributed by atoms with E-state index in [1.165, 1.54) is 0 Å². The molecule has 114 valence electrons. The van der Waals surface area contributed by atoms with Crippen molar-refractivity contribution >= 4 is 6.09 Å². The molecule has 0 aromatic heterocycles.